The zero-order valence-electron chi connectivity index (χ0n) is 5.50. The van der Waals surface area contributed by atoms with E-state index < -0.39 is 18.7 Å². The van der Waals surface area contributed by atoms with E-state index in [2.05, 4.69) is 10.7 Å². The predicted molar refractivity (Wildman–Crippen MR) is 32.9 cm³/mol. The second-order valence-electron chi connectivity index (χ2n) is 1.46. The molecule has 0 aromatic rings. The number of carbonyl (C=O) groups is 1. The van der Waals surface area contributed by atoms with Crippen LogP contribution in [0.25, 0.3) is 0 Å². The molecule has 0 aromatic carbocycles. The molecule has 0 aromatic heterocycles. The maximum atomic E-state index is 10.2. The number of rotatable bonds is 1. The summed E-state index contributed by atoms with van der Waals surface area (Å²) in [5.41, 5.74) is 0. The molecule has 0 aliphatic rings. The topological polar surface area (TPSA) is 66.8 Å². The summed E-state index contributed by atoms with van der Waals surface area (Å²) in [4.78, 5) is 10.2. The van der Waals surface area contributed by atoms with E-state index >= 15 is 0 Å². The van der Waals surface area contributed by atoms with E-state index in [1.807, 2.05) is 5.92 Å². The summed E-state index contributed by atoms with van der Waals surface area (Å²) in [6.07, 6.45) is -1.17. The van der Waals surface area contributed by atoms with Crippen molar-refractivity contribution in [2.24, 2.45) is 0 Å². The quantitative estimate of drug-likeness (QED) is 0.267. The molecule has 4 nitrogen and oxygen atoms in total. The van der Waals surface area contributed by atoms with E-state index in [4.69, 9.17) is 10.2 Å². The molecule has 0 amide bonds. The van der Waals surface area contributed by atoms with Crippen LogP contribution in [0, 0.1) is 11.8 Å². The van der Waals surface area contributed by atoms with Gasteiger partial charge in [-0.1, -0.05) is 5.92 Å². The number of carbonyl (C=O) groups excluding carboxylic acids is 1. The molecule has 0 fully saturated rings. The molecule has 0 saturated heterocycles. The lowest BCUT2D eigenvalue weighted by atomic mass is 10.4. The van der Waals surface area contributed by atoms with Gasteiger partial charge in [-0.3, -0.25) is 0 Å². The Morgan fingerprint density at radius 3 is 2.80 bits per heavy atom. The molecule has 2 N–H and O–H groups in total. The Balaban J connectivity index is 3.78. The van der Waals surface area contributed by atoms with Crippen molar-refractivity contribution in [3.05, 3.63) is 0 Å². The Kier molecular flexibility index (Phi) is 4.29. The summed E-state index contributed by atoms with van der Waals surface area (Å²) in [5, 5.41) is 16.8. The van der Waals surface area contributed by atoms with Crippen molar-refractivity contribution in [3.63, 3.8) is 0 Å². The number of hydrogen-bond acceptors (Lipinski definition) is 4. The Labute approximate surface area is 58.4 Å². The first-order valence-corrected chi connectivity index (χ1v) is 2.59. The molecule has 10 heavy (non-hydrogen) atoms. The van der Waals surface area contributed by atoms with Crippen LogP contribution in [0.2, 0.25) is 0 Å². The minimum absolute atomic E-state index is 0.482. The van der Waals surface area contributed by atoms with Gasteiger partial charge in [-0.2, -0.15) is 0 Å². The van der Waals surface area contributed by atoms with Gasteiger partial charge in [0.2, 0.25) is 0 Å². The van der Waals surface area contributed by atoms with Gasteiger partial charge >= 0.3 is 5.97 Å². The third-order valence-electron chi connectivity index (χ3n) is 0.699. The molecule has 0 bridgehead atoms. The van der Waals surface area contributed by atoms with Crippen LogP contribution in [0.5, 0.6) is 0 Å². The van der Waals surface area contributed by atoms with Crippen LogP contribution in [0.1, 0.15) is 0 Å². The molecule has 0 spiro atoms. The number of hydrogen-bond donors (Lipinski definition) is 2. The Morgan fingerprint density at radius 2 is 2.40 bits per heavy atom. The lowest BCUT2D eigenvalue weighted by Gasteiger charge is -1.92. The Bertz CT molecular complexity index is 164. The standard InChI is InChI=1S/C6H8O4/c1-10-6(9)3-2-5(8)4-7/h5,7-8H,4H2,1H3/t5-/m1/s1. The zero-order valence-corrected chi connectivity index (χ0v) is 5.50. The highest BCUT2D eigenvalue weighted by atomic mass is 16.5. The van der Waals surface area contributed by atoms with Gasteiger partial charge in [0, 0.05) is 5.92 Å². The van der Waals surface area contributed by atoms with Gasteiger partial charge in [0.25, 0.3) is 0 Å². The first-order chi connectivity index (χ1) is 4.70. The molecule has 0 aliphatic heterocycles. The average Bonchev–Trinajstić information content (AvgIpc) is 1.99. The van der Waals surface area contributed by atoms with Crippen molar-refractivity contribution >= 4 is 5.97 Å². The average molecular weight is 144 g/mol. The third kappa shape index (κ3) is 3.89. The smallest absolute Gasteiger partial charge is 0.384 e. The second-order valence-corrected chi connectivity index (χ2v) is 1.46. The molecule has 0 unspecified atom stereocenters. The minimum atomic E-state index is -1.17. The third-order valence-corrected chi connectivity index (χ3v) is 0.699. The molecule has 0 heterocycles. The van der Waals surface area contributed by atoms with E-state index in [1.165, 1.54) is 7.11 Å². The van der Waals surface area contributed by atoms with E-state index in [1.54, 1.807) is 0 Å². The van der Waals surface area contributed by atoms with Crippen molar-refractivity contribution in [3.8, 4) is 11.8 Å². The largest absolute Gasteiger partial charge is 0.459 e. The van der Waals surface area contributed by atoms with Gasteiger partial charge in [0.15, 0.2) is 0 Å². The lowest BCUT2D eigenvalue weighted by molar-refractivity contribution is -0.133. The fraction of sp³-hybridized carbons (Fsp3) is 0.500. The van der Waals surface area contributed by atoms with Crippen LogP contribution in [0.4, 0.5) is 0 Å². The maximum absolute atomic E-state index is 10.2. The summed E-state index contributed by atoms with van der Waals surface area (Å²) in [7, 11) is 1.18. The van der Waals surface area contributed by atoms with Gasteiger partial charge < -0.3 is 14.9 Å². The number of aliphatic hydroxyl groups excluding tert-OH is 2. The van der Waals surface area contributed by atoms with Gasteiger partial charge in [-0.05, 0) is 0 Å². The van der Waals surface area contributed by atoms with Crippen LogP contribution in [0.15, 0.2) is 0 Å². The summed E-state index contributed by atoms with van der Waals surface area (Å²) in [6.45, 7) is -0.482. The van der Waals surface area contributed by atoms with Crippen LogP contribution < -0.4 is 0 Å². The fourth-order valence-electron chi connectivity index (χ4n) is 0.239. The first kappa shape index (κ1) is 8.95. The van der Waals surface area contributed by atoms with Gasteiger partial charge in [-0.25, -0.2) is 4.79 Å². The van der Waals surface area contributed by atoms with Gasteiger partial charge in [0.1, 0.15) is 6.10 Å². The summed E-state index contributed by atoms with van der Waals surface area (Å²) in [5.74, 6) is 3.30. The highest BCUT2D eigenvalue weighted by molar-refractivity contribution is 5.88. The second kappa shape index (κ2) is 4.79. The number of esters is 1. The van der Waals surface area contributed by atoms with Crippen molar-refractivity contribution in [1.29, 1.82) is 0 Å². The molecule has 4 heteroatoms. The zero-order chi connectivity index (χ0) is 7.98. The molecule has 1 atom stereocenters. The Hall–Kier alpha value is -1.05. The number of methoxy groups -OCH3 is 1. The Morgan fingerprint density at radius 1 is 1.80 bits per heavy atom. The number of ether oxygens (including phenoxy) is 1. The first-order valence-electron chi connectivity index (χ1n) is 2.59. The van der Waals surface area contributed by atoms with E-state index in [0.29, 0.717) is 0 Å². The highest BCUT2D eigenvalue weighted by Crippen LogP contribution is 1.75. The minimum Gasteiger partial charge on any atom is -0.459 e. The SMILES string of the molecule is COC(=O)C#C[C@@H](O)CO. The van der Waals surface area contributed by atoms with E-state index in [9.17, 15) is 4.79 Å². The monoisotopic (exact) mass is 144 g/mol. The lowest BCUT2D eigenvalue weighted by Crippen LogP contribution is -2.09. The van der Waals surface area contributed by atoms with Crippen LogP contribution >= 0.6 is 0 Å². The van der Waals surface area contributed by atoms with E-state index in [0.717, 1.165) is 0 Å². The molecule has 0 aliphatic carbocycles. The molecule has 0 saturated carbocycles. The fourth-order valence-corrected chi connectivity index (χ4v) is 0.239. The van der Waals surface area contributed by atoms with Crippen LogP contribution in [-0.2, 0) is 9.53 Å². The molecule has 56 valence electrons. The summed E-state index contributed by atoms with van der Waals surface area (Å²) < 4.78 is 4.14. The summed E-state index contributed by atoms with van der Waals surface area (Å²) >= 11 is 0. The normalized spacial score (nSPS) is 11.1. The highest BCUT2D eigenvalue weighted by Gasteiger charge is 1.95. The summed E-state index contributed by atoms with van der Waals surface area (Å²) in [6, 6.07) is 0. The van der Waals surface area contributed by atoms with Crippen molar-refractivity contribution < 1.29 is 19.7 Å². The molecule has 0 rings (SSSR count). The van der Waals surface area contributed by atoms with Crippen molar-refractivity contribution in [1.82, 2.24) is 0 Å². The van der Waals surface area contributed by atoms with Crippen molar-refractivity contribution in [2.75, 3.05) is 13.7 Å². The van der Waals surface area contributed by atoms with Gasteiger partial charge in [0.05, 0.1) is 13.7 Å². The van der Waals surface area contributed by atoms with Crippen LogP contribution in [-0.4, -0.2) is 36.0 Å². The molecular weight excluding hydrogens is 136 g/mol. The van der Waals surface area contributed by atoms with Crippen LogP contribution in [0.3, 0.4) is 0 Å². The van der Waals surface area contributed by atoms with Crippen molar-refractivity contribution in [2.45, 2.75) is 6.10 Å². The molecule has 0 radical (unpaired) electrons. The maximum Gasteiger partial charge on any atom is 0.384 e. The van der Waals surface area contributed by atoms with E-state index in [-0.39, 0.29) is 0 Å². The number of aliphatic hydroxyl groups is 2. The predicted octanol–water partition coefficient (Wildman–Crippen LogP) is -1.48. The van der Waals surface area contributed by atoms with Gasteiger partial charge in [-0.15, -0.1) is 0 Å². The molecular formula is C6H8O4.